The van der Waals surface area contributed by atoms with Gasteiger partial charge in [-0.1, -0.05) is 58.6 Å². The number of carbonyl (C=O) groups excluding carboxylic acids is 1. The third-order valence-corrected chi connectivity index (χ3v) is 7.79. The van der Waals surface area contributed by atoms with E-state index in [4.69, 9.17) is 34.8 Å². The molecule has 3 aromatic rings. The van der Waals surface area contributed by atoms with Gasteiger partial charge in [0.25, 0.3) is 0 Å². The van der Waals surface area contributed by atoms with E-state index in [9.17, 15) is 26.4 Å². The van der Waals surface area contributed by atoms with Crippen LogP contribution in [0.1, 0.15) is 16.7 Å². The summed E-state index contributed by atoms with van der Waals surface area (Å²) >= 11 is 18.4. The van der Waals surface area contributed by atoms with E-state index in [-0.39, 0.29) is 37.8 Å². The Morgan fingerprint density at radius 2 is 1.54 bits per heavy atom. The summed E-state index contributed by atoms with van der Waals surface area (Å²) in [7, 11) is -4.24. The van der Waals surface area contributed by atoms with Gasteiger partial charge in [0.05, 0.1) is 27.7 Å². The van der Waals surface area contributed by atoms with Gasteiger partial charge in [-0.25, -0.2) is 8.42 Å². The van der Waals surface area contributed by atoms with Crippen LogP contribution in [0, 0.1) is 6.92 Å². The number of hydrogen-bond acceptors (Lipinski definition) is 3. The molecule has 0 atom stereocenters. The first-order valence-electron chi connectivity index (χ1n) is 9.95. The molecule has 3 rings (SSSR count). The lowest BCUT2D eigenvalue weighted by Crippen LogP contribution is -2.37. The zero-order valence-electron chi connectivity index (χ0n) is 18.0. The Kier molecular flexibility index (Phi) is 8.39. The Morgan fingerprint density at radius 1 is 0.943 bits per heavy atom. The van der Waals surface area contributed by atoms with Gasteiger partial charge >= 0.3 is 6.18 Å². The van der Waals surface area contributed by atoms with Crippen molar-refractivity contribution in [2.75, 3.05) is 11.9 Å². The SMILES string of the molecule is Cc1ccc(S(=O)(=O)N(CC(=O)Nc2cc(C(F)(F)F)ccc2Cl)Cc2c(Cl)cccc2Cl)cc1. The predicted octanol–water partition coefficient (Wildman–Crippen LogP) is 6.80. The molecule has 1 N–H and O–H groups in total. The van der Waals surface area contributed by atoms with Crippen LogP contribution in [0.4, 0.5) is 18.9 Å². The topological polar surface area (TPSA) is 66.5 Å². The molecule has 0 heterocycles. The van der Waals surface area contributed by atoms with Crippen LogP contribution in [-0.4, -0.2) is 25.2 Å². The summed E-state index contributed by atoms with van der Waals surface area (Å²) in [5, 5.41) is 2.48. The minimum Gasteiger partial charge on any atom is -0.324 e. The smallest absolute Gasteiger partial charge is 0.324 e. The van der Waals surface area contributed by atoms with Crippen molar-refractivity contribution in [1.29, 1.82) is 0 Å². The first-order chi connectivity index (χ1) is 16.3. The molecule has 12 heteroatoms. The number of hydrogen-bond donors (Lipinski definition) is 1. The van der Waals surface area contributed by atoms with Crippen molar-refractivity contribution >= 4 is 56.4 Å². The molecular formula is C23H18Cl3F3N2O3S. The van der Waals surface area contributed by atoms with Crippen molar-refractivity contribution in [3.63, 3.8) is 0 Å². The lowest BCUT2D eigenvalue weighted by atomic mass is 10.2. The van der Waals surface area contributed by atoms with E-state index in [0.29, 0.717) is 6.07 Å². The Labute approximate surface area is 215 Å². The number of rotatable bonds is 7. The second-order valence-electron chi connectivity index (χ2n) is 7.53. The minimum atomic E-state index is -4.66. The first-order valence-corrected chi connectivity index (χ1v) is 12.5. The van der Waals surface area contributed by atoms with Crippen molar-refractivity contribution < 1.29 is 26.4 Å². The quantitative estimate of drug-likeness (QED) is 0.342. The van der Waals surface area contributed by atoms with Gasteiger partial charge in [0.15, 0.2) is 0 Å². The Bertz CT molecular complexity index is 1330. The van der Waals surface area contributed by atoms with Crippen molar-refractivity contribution in [3.05, 3.63) is 92.4 Å². The van der Waals surface area contributed by atoms with Crippen LogP contribution in [0.2, 0.25) is 15.1 Å². The normalized spacial score (nSPS) is 12.1. The number of benzene rings is 3. The van der Waals surface area contributed by atoms with Gasteiger partial charge in [0.2, 0.25) is 15.9 Å². The average molecular weight is 566 g/mol. The number of nitrogens with one attached hydrogen (secondary N) is 1. The van der Waals surface area contributed by atoms with Crippen molar-refractivity contribution in [1.82, 2.24) is 4.31 Å². The Hall–Kier alpha value is -2.30. The van der Waals surface area contributed by atoms with Crippen molar-refractivity contribution in [2.45, 2.75) is 24.5 Å². The van der Waals surface area contributed by atoms with E-state index in [1.807, 2.05) is 0 Å². The molecule has 0 saturated carbocycles. The second kappa shape index (κ2) is 10.8. The molecule has 1 amide bonds. The van der Waals surface area contributed by atoms with E-state index in [2.05, 4.69) is 5.32 Å². The molecule has 5 nitrogen and oxygen atoms in total. The highest BCUT2D eigenvalue weighted by molar-refractivity contribution is 7.89. The molecule has 3 aromatic carbocycles. The van der Waals surface area contributed by atoms with Gasteiger partial charge in [0, 0.05) is 22.2 Å². The molecule has 0 aliphatic rings. The van der Waals surface area contributed by atoms with Gasteiger partial charge in [-0.2, -0.15) is 17.5 Å². The van der Waals surface area contributed by atoms with Crippen LogP contribution in [-0.2, 0) is 27.5 Å². The maximum absolute atomic E-state index is 13.4. The summed E-state index contributed by atoms with van der Waals surface area (Å²) in [5.41, 5.74) is -0.253. The third kappa shape index (κ3) is 6.68. The summed E-state index contributed by atoms with van der Waals surface area (Å²) in [6.45, 7) is 0.673. The predicted molar refractivity (Wildman–Crippen MR) is 130 cm³/mol. The molecule has 0 saturated heterocycles. The molecule has 0 aromatic heterocycles. The van der Waals surface area contributed by atoms with Gasteiger partial charge in [-0.3, -0.25) is 4.79 Å². The second-order valence-corrected chi connectivity index (χ2v) is 10.7. The molecule has 0 radical (unpaired) electrons. The Morgan fingerprint density at radius 3 is 2.11 bits per heavy atom. The lowest BCUT2D eigenvalue weighted by Gasteiger charge is -2.23. The van der Waals surface area contributed by atoms with Gasteiger partial charge in [-0.05, 0) is 49.4 Å². The summed E-state index contributed by atoms with van der Waals surface area (Å²) in [6, 6.07) is 13.0. The highest BCUT2D eigenvalue weighted by atomic mass is 35.5. The largest absolute Gasteiger partial charge is 0.416 e. The molecule has 0 aliphatic carbocycles. The van der Waals surface area contributed by atoms with E-state index in [1.54, 1.807) is 25.1 Å². The highest BCUT2D eigenvalue weighted by Crippen LogP contribution is 2.34. The Balaban J connectivity index is 1.95. The van der Waals surface area contributed by atoms with E-state index in [1.165, 1.54) is 24.3 Å². The summed E-state index contributed by atoms with van der Waals surface area (Å²) in [6.07, 6.45) is -4.66. The first kappa shape index (κ1) is 27.3. The number of carbonyl (C=O) groups is 1. The van der Waals surface area contributed by atoms with Crippen LogP contribution >= 0.6 is 34.8 Å². The summed E-state index contributed by atoms with van der Waals surface area (Å²) in [4.78, 5) is 12.7. The fourth-order valence-electron chi connectivity index (χ4n) is 3.09. The van der Waals surface area contributed by atoms with Gasteiger partial charge in [0.1, 0.15) is 0 Å². The number of amides is 1. The number of anilines is 1. The molecule has 0 fully saturated rings. The number of alkyl halides is 3. The van der Waals surface area contributed by atoms with Gasteiger partial charge < -0.3 is 5.32 Å². The van der Waals surface area contributed by atoms with Crippen LogP contribution in [0.3, 0.4) is 0 Å². The number of halogens is 6. The lowest BCUT2D eigenvalue weighted by molar-refractivity contribution is -0.137. The van der Waals surface area contributed by atoms with Crippen LogP contribution in [0.25, 0.3) is 0 Å². The maximum Gasteiger partial charge on any atom is 0.416 e. The summed E-state index contributed by atoms with van der Waals surface area (Å²) < 4.78 is 66.8. The van der Waals surface area contributed by atoms with Crippen molar-refractivity contribution in [3.8, 4) is 0 Å². The molecule has 0 unspecified atom stereocenters. The van der Waals surface area contributed by atoms with E-state index < -0.39 is 34.2 Å². The average Bonchev–Trinajstić information content (AvgIpc) is 2.76. The van der Waals surface area contributed by atoms with Crippen molar-refractivity contribution in [2.24, 2.45) is 0 Å². The number of aryl methyl sites for hydroxylation is 1. The maximum atomic E-state index is 13.4. The van der Waals surface area contributed by atoms with Crippen LogP contribution in [0.5, 0.6) is 0 Å². The third-order valence-electron chi connectivity index (χ3n) is 4.94. The van der Waals surface area contributed by atoms with Crippen LogP contribution < -0.4 is 5.32 Å². The zero-order chi connectivity index (χ0) is 26.0. The monoisotopic (exact) mass is 564 g/mol. The molecule has 0 spiro atoms. The highest BCUT2D eigenvalue weighted by Gasteiger charge is 2.32. The fourth-order valence-corrected chi connectivity index (χ4v) is 5.14. The van der Waals surface area contributed by atoms with E-state index >= 15 is 0 Å². The fraction of sp³-hybridized carbons (Fsp3) is 0.174. The van der Waals surface area contributed by atoms with Gasteiger partial charge in [-0.15, -0.1) is 0 Å². The number of sulfonamides is 1. The molecule has 0 bridgehead atoms. The molecule has 35 heavy (non-hydrogen) atoms. The standard InChI is InChI=1S/C23H18Cl3F3N2O3S/c1-14-5-8-16(9-6-14)35(33,34)31(12-17-18(24)3-2-4-19(17)25)13-22(32)30-21-11-15(23(27,28)29)7-10-20(21)26/h2-11H,12-13H2,1H3,(H,30,32). The zero-order valence-corrected chi connectivity index (χ0v) is 21.1. The summed E-state index contributed by atoms with van der Waals surface area (Å²) in [5.74, 6) is -0.912. The molecule has 186 valence electrons. The minimum absolute atomic E-state index is 0.0869. The molecule has 0 aliphatic heterocycles. The number of nitrogens with zero attached hydrogens (tertiary/aromatic N) is 1. The van der Waals surface area contributed by atoms with Crippen LogP contribution in [0.15, 0.2) is 65.6 Å². The van der Waals surface area contributed by atoms with E-state index in [0.717, 1.165) is 22.0 Å². The molecular weight excluding hydrogens is 548 g/mol.